The number of anilines is 1. The van der Waals surface area contributed by atoms with Gasteiger partial charge in [0.25, 0.3) is 0 Å². The van der Waals surface area contributed by atoms with Crippen molar-refractivity contribution in [3.63, 3.8) is 0 Å². The zero-order valence-corrected chi connectivity index (χ0v) is 10.4. The van der Waals surface area contributed by atoms with Crippen LogP contribution < -0.4 is 10.6 Å². The normalized spacial score (nSPS) is 10.1. The molecule has 0 aliphatic carbocycles. The first-order chi connectivity index (χ1) is 8.13. The van der Waals surface area contributed by atoms with E-state index in [1.807, 2.05) is 13.8 Å². The lowest BCUT2D eigenvalue weighted by Gasteiger charge is -2.07. The molecule has 94 valence electrons. The summed E-state index contributed by atoms with van der Waals surface area (Å²) >= 11 is 0. The number of aryl methyl sites for hydroxylation is 2. The van der Waals surface area contributed by atoms with E-state index in [-0.39, 0.29) is 12.5 Å². The molecule has 0 fully saturated rings. The lowest BCUT2D eigenvalue weighted by Crippen LogP contribution is -2.32. The van der Waals surface area contributed by atoms with Crippen molar-refractivity contribution in [2.75, 3.05) is 32.1 Å². The zero-order chi connectivity index (χ0) is 12.7. The Kier molecular flexibility index (Phi) is 5.35. The van der Waals surface area contributed by atoms with Crippen LogP contribution in [0.15, 0.2) is 6.20 Å². The maximum absolute atomic E-state index is 11.4. The van der Waals surface area contributed by atoms with E-state index >= 15 is 0 Å². The highest BCUT2D eigenvalue weighted by Gasteiger charge is 2.02. The first-order valence-corrected chi connectivity index (χ1v) is 5.43. The van der Waals surface area contributed by atoms with E-state index in [1.165, 1.54) is 0 Å². The molecule has 1 heterocycles. The highest BCUT2D eigenvalue weighted by atomic mass is 16.5. The molecular weight excluding hydrogens is 220 g/mol. The molecule has 6 heteroatoms. The summed E-state index contributed by atoms with van der Waals surface area (Å²) in [4.78, 5) is 19.8. The van der Waals surface area contributed by atoms with Gasteiger partial charge in [0.05, 0.1) is 30.7 Å². The number of ether oxygens (including phenoxy) is 1. The van der Waals surface area contributed by atoms with Gasteiger partial charge in [0.15, 0.2) is 0 Å². The van der Waals surface area contributed by atoms with Gasteiger partial charge in [-0.05, 0) is 13.8 Å². The van der Waals surface area contributed by atoms with Gasteiger partial charge in [-0.25, -0.2) is 4.98 Å². The third kappa shape index (κ3) is 4.78. The van der Waals surface area contributed by atoms with Crippen LogP contribution >= 0.6 is 0 Å². The molecule has 2 N–H and O–H groups in total. The van der Waals surface area contributed by atoms with Crippen LogP contribution in [0.2, 0.25) is 0 Å². The van der Waals surface area contributed by atoms with Gasteiger partial charge >= 0.3 is 0 Å². The number of rotatable bonds is 6. The molecule has 6 nitrogen and oxygen atoms in total. The van der Waals surface area contributed by atoms with Crippen molar-refractivity contribution in [1.29, 1.82) is 0 Å². The molecule has 1 aromatic heterocycles. The van der Waals surface area contributed by atoms with Crippen LogP contribution in [0.25, 0.3) is 0 Å². The summed E-state index contributed by atoms with van der Waals surface area (Å²) in [5.74, 6) is 0.511. The molecular formula is C11H18N4O2. The first kappa shape index (κ1) is 13.4. The topological polar surface area (TPSA) is 76.1 Å². The molecule has 0 saturated heterocycles. The Morgan fingerprint density at radius 1 is 1.41 bits per heavy atom. The van der Waals surface area contributed by atoms with Crippen molar-refractivity contribution in [1.82, 2.24) is 15.3 Å². The van der Waals surface area contributed by atoms with Crippen LogP contribution in [0, 0.1) is 13.8 Å². The fourth-order valence-electron chi connectivity index (χ4n) is 1.15. The molecule has 0 saturated carbocycles. The highest BCUT2D eigenvalue weighted by molar-refractivity contribution is 5.80. The Hall–Kier alpha value is -1.69. The predicted octanol–water partition coefficient (Wildman–Crippen LogP) is 0.268. The number of carbonyl (C=O) groups is 1. The van der Waals surface area contributed by atoms with Crippen LogP contribution in [-0.2, 0) is 9.53 Å². The van der Waals surface area contributed by atoms with E-state index in [4.69, 9.17) is 4.74 Å². The Labute approximate surface area is 101 Å². The average Bonchev–Trinajstić information content (AvgIpc) is 2.31. The van der Waals surface area contributed by atoms with E-state index in [9.17, 15) is 4.79 Å². The van der Waals surface area contributed by atoms with Gasteiger partial charge < -0.3 is 15.4 Å². The van der Waals surface area contributed by atoms with Gasteiger partial charge in [-0.15, -0.1) is 0 Å². The molecule has 1 amide bonds. The lowest BCUT2D eigenvalue weighted by molar-refractivity contribution is -0.119. The fraction of sp³-hybridized carbons (Fsp3) is 0.545. The summed E-state index contributed by atoms with van der Waals surface area (Å²) in [6, 6.07) is 0. The van der Waals surface area contributed by atoms with Gasteiger partial charge in [-0.1, -0.05) is 0 Å². The number of hydrogen-bond donors (Lipinski definition) is 2. The molecule has 1 rings (SSSR count). The Bertz CT molecular complexity index is 382. The number of amides is 1. The Morgan fingerprint density at radius 3 is 2.82 bits per heavy atom. The second-order valence-corrected chi connectivity index (χ2v) is 3.62. The molecule has 0 bridgehead atoms. The molecule has 0 aliphatic rings. The lowest BCUT2D eigenvalue weighted by atomic mass is 10.3. The first-order valence-electron chi connectivity index (χ1n) is 5.43. The van der Waals surface area contributed by atoms with Crippen molar-refractivity contribution in [2.45, 2.75) is 13.8 Å². The molecule has 0 unspecified atom stereocenters. The number of carbonyl (C=O) groups excluding carboxylic acids is 1. The predicted molar refractivity (Wildman–Crippen MR) is 64.9 cm³/mol. The van der Waals surface area contributed by atoms with Crippen LogP contribution in [0.5, 0.6) is 0 Å². The van der Waals surface area contributed by atoms with Gasteiger partial charge in [0.1, 0.15) is 5.82 Å². The van der Waals surface area contributed by atoms with E-state index in [0.717, 1.165) is 11.4 Å². The number of methoxy groups -OCH3 is 1. The smallest absolute Gasteiger partial charge is 0.239 e. The summed E-state index contributed by atoms with van der Waals surface area (Å²) < 4.78 is 4.83. The van der Waals surface area contributed by atoms with E-state index in [2.05, 4.69) is 20.6 Å². The molecule has 0 aromatic carbocycles. The van der Waals surface area contributed by atoms with E-state index in [1.54, 1.807) is 13.3 Å². The molecule has 17 heavy (non-hydrogen) atoms. The monoisotopic (exact) mass is 238 g/mol. The SMILES string of the molecule is COCCNC(=O)CNc1cnc(C)c(C)n1. The number of aromatic nitrogens is 2. The van der Waals surface area contributed by atoms with Crippen LogP contribution in [-0.4, -0.2) is 42.7 Å². The van der Waals surface area contributed by atoms with Gasteiger partial charge in [0, 0.05) is 13.7 Å². The fourth-order valence-corrected chi connectivity index (χ4v) is 1.15. The molecule has 0 spiro atoms. The summed E-state index contributed by atoms with van der Waals surface area (Å²) in [5.41, 5.74) is 1.75. The minimum absolute atomic E-state index is 0.0953. The zero-order valence-electron chi connectivity index (χ0n) is 10.4. The van der Waals surface area contributed by atoms with Crippen molar-refractivity contribution < 1.29 is 9.53 Å². The van der Waals surface area contributed by atoms with E-state index < -0.39 is 0 Å². The maximum atomic E-state index is 11.4. The third-order valence-electron chi connectivity index (χ3n) is 2.25. The quantitative estimate of drug-likeness (QED) is 0.696. The summed E-state index contributed by atoms with van der Waals surface area (Å²) in [7, 11) is 1.59. The van der Waals surface area contributed by atoms with Crippen LogP contribution in [0.4, 0.5) is 5.82 Å². The maximum Gasteiger partial charge on any atom is 0.239 e. The van der Waals surface area contributed by atoms with E-state index in [0.29, 0.717) is 19.0 Å². The number of nitrogens with one attached hydrogen (secondary N) is 2. The van der Waals surface area contributed by atoms with Gasteiger partial charge in [-0.2, -0.15) is 0 Å². The summed E-state index contributed by atoms with van der Waals surface area (Å²) in [6.07, 6.45) is 1.62. The van der Waals surface area contributed by atoms with Crippen molar-refractivity contribution in [2.24, 2.45) is 0 Å². The van der Waals surface area contributed by atoms with Crippen molar-refractivity contribution in [3.8, 4) is 0 Å². The molecule has 0 atom stereocenters. The minimum atomic E-state index is -0.0953. The second kappa shape index (κ2) is 6.80. The highest BCUT2D eigenvalue weighted by Crippen LogP contribution is 2.04. The standard InChI is InChI=1S/C11H18N4O2/c1-8-9(2)15-10(6-13-8)14-7-11(16)12-4-5-17-3/h6H,4-5,7H2,1-3H3,(H,12,16)(H,14,15). The van der Waals surface area contributed by atoms with Crippen molar-refractivity contribution >= 4 is 11.7 Å². The van der Waals surface area contributed by atoms with Gasteiger partial charge in [0.2, 0.25) is 5.91 Å². The summed E-state index contributed by atoms with van der Waals surface area (Å²) in [5, 5.41) is 5.62. The molecule has 0 radical (unpaired) electrons. The van der Waals surface area contributed by atoms with Crippen LogP contribution in [0.1, 0.15) is 11.4 Å². The molecule has 0 aliphatic heterocycles. The largest absolute Gasteiger partial charge is 0.383 e. The minimum Gasteiger partial charge on any atom is -0.383 e. The Balaban J connectivity index is 2.34. The number of nitrogens with zero attached hydrogens (tertiary/aromatic N) is 2. The van der Waals surface area contributed by atoms with Crippen LogP contribution in [0.3, 0.4) is 0 Å². The average molecular weight is 238 g/mol. The number of hydrogen-bond acceptors (Lipinski definition) is 5. The summed E-state index contributed by atoms with van der Waals surface area (Å²) in [6.45, 7) is 4.97. The Morgan fingerprint density at radius 2 is 2.18 bits per heavy atom. The van der Waals surface area contributed by atoms with Crippen molar-refractivity contribution in [3.05, 3.63) is 17.6 Å². The van der Waals surface area contributed by atoms with Gasteiger partial charge in [-0.3, -0.25) is 9.78 Å². The second-order valence-electron chi connectivity index (χ2n) is 3.62. The third-order valence-corrected chi connectivity index (χ3v) is 2.25. The molecule has 1 aromatic rings.